The molecule has 0 saturated carbocycles. The van der Waals surface area contributed by atoms with E-state index in [0.29, 0.717) is 0 Å². The molecule has 0 radical (unpaired) electrons. The first-order chi connectivity index (χ1) is 9.58. The van der Waals surface area contributed by atoms with Crippen molar-refractivity contribution in [2.24, 2.45) is 5.73 Å². The first-order valence-corrected chi connectivity index (χ1v) is 6.80. The zero-order chi connectivity index (χ0) is 14.3. The number of aromatic nitrogens is 2. The summed E-state index contributed by atoms with van der Waals surface area (Å²) in [5, 5.41) is 0. The topological polar surface area (TPSA) is 57.0 Å². The van der Waals surface area contributed by atoms with Crippen LogP contribution in [0.15, 0.2) is 41.3 Å². The number of imidazole rings is 1. The maximum absolute atomic E-state index is 6.17. The lowest BCUT2D eigenvalue weighted by Gasteiger charge is -2.21. The van der Waals surface area contributed by atoms with Gasteiger partial charge in [-0.2, -0.15) is 0 Å². The Morgan fingerprint density at radius 3 is 2.65 bits per heavy atom. The van der Waals surface area contributed by atoms with Gasteiger partial charge in [-0.25, -0.2) is 4.98 Å². The Morgan fingerprint density at radius 2 is 2.00 bits per heavy atom. The first-order valence-electron chi connectivity index (χ1n) is 6.80. The molecule has 0 saturated heterocycles. The number of aryl methyl sites for hydroxylation is 2. The molecule has 2 unspecified atom stereocenters. The molecule has 0 amide bonds. The maximum atomic E-state index is 6.17. The molecule has 0 fully saturated rings. The van der Waals surface area contributed by atoms with E-state index in [0.717, 1.165) is 16.8 Å². The van der Waals surface area contributed by atoms with Crippen LogP contribution in [0.5, 0.6) is 0 Å². The minimum atomic E-state index is -0.0693. The van der Waals surface area contributed by atoms with Gasteiger partial charge in [-0.1, -0.05) is 0 Å². The molecular weight excluding hydrogens is 250 g/mol. The third-order valence-corrected chi connectivity index (χ3v) is 3.82. The highest BCUT2D eigenvalue weighted by Crippen LogP contribution is 2.27. The summed E-state index contributed by atoms with van der Waals surface area (Å²) in [7, 11) is 0. The second-order valence-electron chi connectivity index (χ2n) is 5.40. The summed E-state index contributed by atoms with van der Waals surface area (Å²) in [6.45, 7) is 6.20. The second kappa shape index (κ2) is 4.80. The standard InChI is InChI=1S/C16H19N3O/c1-10-7-13-14(8-11(10)2)19(9-18-13)16(12(3)17)15-5-4-6-20-15/h4-9,12,16H,17H2,1-3H3. The van der Waals surface area contributed by atoms with Crippen LogP contribution >= 0.6 is 0 Å². The third-order valence-electron chi connectivity index (χ3n) is 3.82. The van der Waals surface area contributed by atoms with Crippen LogP contribution in [-0.2, 0) is 0 Å². The van der Waals surface area contributed by atoms with E-state index in [9.17, 15) is 0 Å². The normalized spacial score (nSPS) is 14.6. The molecule has 0 aliphatic carbocycles. The first kappa shape index (κ1) is 12.9. The summed E-state index contributed by atoms with van der Waals surface area (Å²) in [4.78, 5) is 4.50. The Bertz CT molecular complexity index is 726. The SMILES string of the molecule is Cc1cc2ncn(C(c3ccco3)C(C)N)c2cc1C. The minimum absolute atomic E-state index is 0.0443. The molecule has 4 heteroatoms. The molecule has 4 nitrogen and oxygen atoms in total. The predicted octanol–water partition coefficient (Wildman–Crippen LogP) is 3.18. The van der Waals surface area contributed by atoms with E-state index in [-0.39, 0.29) is 12.1 Å². The van der Waals surface area contributed by atoms with Gasteiger partial charge in [0.1, 0.15) is 11.8 Å². The van der Waals surface area contributed by atoms with Crippen LogP contribution in [0.4, 0.5) is 0 Å². The Morgan fingerprint density at radius 1 is 1.25 bits per heavy atom. The molecular formula is C16H19N3O. The zero-order valence-corrected chi connectivity index (χ0v) is 12.0. The van der Waals surface area contributed by atoms with E-state index < -0.39 is 0 Å². The summed E-state index contributed by atoms with van der Waals surface area (Å²) in [6.07, 6.45) is 3.53. The average molecular weight is 269 g/mol. The molecule has 2 aromatic heterocycles. The minimum Gasteiger partial charge on any atom is -0.467 e. The van der Waals surface area contributed by atoms with E-state index >= 15 is 0 Å². The summed E-state index contributed by atoms with van der Waals surface area (Å²) >= 11 is 0. The van der Waals surface area contributed by atoms with Gasteiger partial charge in [0.15, 0.2) is 0 Å². The van der Waals surface area contributed by atoms with Crippen LogP contribution in [0, 0.1) is 13.8 Å². The summed E-state index contributed by atoms with van der Waals surface area (Å²) in [5.41, 5.74) is 10.8. The van der Waals surface area contributed by atoms with Crippen molar-refractivity contribution in [3.63, 3.8) is 0 Å². The van der Waals surface area contributed by atoms with Gasteiger partial charge >= 0.3 is 0 Å². The molecule has 20 heavy (non-hydrogen) atoms. The molecule has 0 aliphatic rings. The molecule has 3 aromatic rings. The highest BCUT2D eigenvalue weighted by molar-refractivity contribution is 5.77. The third kappa shape index (κ3) is 2.02. The van der Waals surface area contributed by atoms with Gasteiger partial charge in [-0.3, -0.25) is 0 Å². The van der Waals surface area contributed by atoms with Gasteiger partial charge in [-0.05, 0) is 56.2 Å². The Kier molecular flexibility index (Phi) is 3.10. The van der Waals surface area contributed by atoms with Crippen molar-refractivity contribution in [2.45, 2.75) is 32.9 Å². The highest BCUT2D eigenvalue weighted by atomic mass is 16.3. The van der Waals surface area contributed by atoms with Gasteiger partial charge in [-0.15, -0.1) is 0 Å². The number of furan rings is 1. The van der Waals surface area contributed by atoms with E-state index in [1.54, 1.807) is 6.26 Å². The number of hydrogen-bond donors (Lipinski definition) is 1. The Hall–Kier alpha value is -2.07. The van der Waals surface area contributed by atoms with E-state index in [1.165, 1.54) is 11.1 Å². The largest absolute Gasteiger partial charge is 0.467 e. The summed E-state index contributed by atoms with van der Waals surface area (Å²) in [5.74, 6) is 0.859. The van der Waals surface area contributed by atoms with Gasteiger partial charge in [0.05, 0.1) is 23.6 Å². The Balaban J connectivity index is 2.19. The average Bonchev–Trinajstić information content (AvgIpc) is 3.02. The van der Waals surface area contributed by atoms with Crippen molar-refractivity contribution in [1.82, 2.24) is 9.55 Å². The number of nitrogens with two attached hydrogens (primary N) is 1. The fourth-order valence-electron chi connectivity index (χ4n) is 2.61. The van der Waals surface area contributed by atoms with Crippen LogP contribution in [0.2, 0.25) is 0 Å². The van der Waals surface area contributed by atoms with Crippen LogP contribution in [0.25, 0.3) is 11.0 Å². The molecule has 1 aromatic carbocycles. The highest BCUT2D eigenvalue weighted by Gasteiger charge is 2.22. The van der Waals surface area contributed by atoms with Crippen LogP contribution < -0.4 is 5.73 Å². The van der Waals surface area contributed by atoms with Crippen LogP contribution in [0.3, 0.4) is 0 Å². The monoisotopic (exact) mass is 269 g/mol. The van der Waals surface area contributed by atoms with E-state index in [4.69, 9.17) is 10.2 Å². The van der Waals surface area contributed by atoms with Gasteiger partial charge in [0.2, 0.25) is 0 Å². The lowest BCUT2D eigenvalue weighted by molar-refractivity contribution is 0.396. The van der Waals surface area contributed by atoms with Gasteiger partial charge in [0, 0.05) is 6.04 Å². The Labute approximate surface area is 118 Å². The zero-order valence-electron chi connectivity index (χ0n) is 12.0. The van der Waals surface area contributed by atoms with Crippen LogP contribution in [0.1, 0.15) is 29.9 Å². The lowest BCUT2D eigenvalue weighted by Crippen LogP contribution is -2.29. The number of benzene rings is 1. The summed E-state index contributed by atoms with van der Waals surface area (Å²) in [6, 6.07) is 8.01. The fraction of sp³-hybridized carbons (Fsp3) is 0.312. The van der Waals surface area contributed by atoms with E-state index in [1.807, 2.05) is 25.4 Å². The molecule has 0 bridgehead atoms. The lowest BCUT2D eigenvalue weighted by atomic mass is 10.1. The van der Waals surface area contributed by atoms with Crippen molar-refractivity contribution in [1.29, 1.82) is 0 Å². The van der Waals surface area contributed by atoms with Crippen molar-refractivity contribution in [2.75, 3.05) is 0 Å². The molecule has 3 rings (SSSR count). The maximum Gasteiger partial charge on any atom is 0.128 e. The van der Waals surface area contributed by atoms with Crippen molar-refractivity contribution in [3.8, 4) is 0 Å². The smallest absolute Gasteiger partial charge is 0.128 e. The molecule has 2 atom stereocenters. The quantitative estimate of drug-likeness (QED) is 0.794. The molecule has 0 aliphatic heterocycles. The van der Waals surface area contributed by atoms with Crippen molar-refractivity contribution >= 4 is 11.0 Å². The number of fused-ring (bicyclic) bond motifs is 1. The molecule has 2 N–H and O–H groups in total. The van der Waals surface area contributed by atoms with Crippen LogP contribution in [-0.4, -0.2) is 15.6 Å². The van der Waals surface area contributed by atoms with Crippen molar-refractivity contribution < 1.29 is 4.42 Å². The predicted molar refractivity (Wildman–Crippen MR) is 79.7 cm³/mol. The van der Waals surface area contributed by atoms with Gasteiger partial charge in [0.25, 0.3) is 0 Å². The van der Waals surface area contributed by atoms with Crippen molar-refractivity contribution in [3.05, 3.63) is 53.7 Å². The second-order valence-corrected chi connectivity index (χ2v) is 5.40. The van der Waals surface area contributed by atoms with E-state index in [2.05, 4.69) is 35.5 Å². The molecule has 104 valence electrons. The molecule has 0 spiro atoms. The van der Waals surface area contributed by atoms with Gasteiger partial charge < -0.3 is 14.7 Å². The number of nitrogens with zero attached hydrogens (tertiary/aromatic N) is 2. The number of hydrogen-bond acceptors (Lipinski definition) is 3. The number of rotatable bonds is 3. The summed E-state index contributed by atoms with van der Waals surface area (Å²) < 4.78 is 7.66. The molecule has 2 heterocycles. The fourth-order valence-corrected chi connectivity index (χ4v) is 2.61.